The second-order valence-electron chi connectivity index (χ2n) is 5.60. The Labute approximate surface area is 129 Å². The van der Waals surface area contributed by atoms with Gasteiger partial charge in [0.05, 0.1) is 4.90 Å². The highest BCUT2D eigenvalue weighted by molar-refractivity contribution is 7.89. The average molecular weight is 315 g/mol. The molecule has 0 saturated carbocycles. The van der Waals surface area contributed by atoms with E-state index < -0.39 is 10.0 Å². The summed E-state index contributed by atoms with van der Waals surface area (Å²) in [5.74, 6) is 0. The van der Waals surface area contributed by atoms with Crippen LogP contribution in [0.5, 0.6) is 0 Å². The summed E-state index contributed by atoms with van der Waals surface area (Å²) >= 11 is 0. The molecule has 1 aromatic rings. The molecule has 0 bridgehead atoms. The Kier molecular flexibility index (Phi) is 7.42. The highest BCUT2D eigenvalue weighted by Gasteiger charge is 2.18. The smallest absolute Gasteiger partial charge is 0.242 e. The van der Waals surface area contributed by atoms with Crippen molar-refractivity contribution in [2.45, 2.75) is 64.4 Å². The van der Waals surface area contributed by atoms with Gasteiger partial charge in [-0.3, -0.25) is 0 Å². The van der Waals surface area contributed by atoms with Crippen LogP contribution < -0.4 is 10.0 Å². The van der Waals surface area contributed by atoms with Crippen LogP contribution >= 0.6 is 0 Å². The third kappa shape index (κ3) is 5.45. The third-order valence-electron chi connectivity index (χ3n) is 3.33. The first-order valence-corrected chi connectivity index (χ1v) is 9.31. The Morgan fingerprint density at radius 1 is 1.19 bits per heavy atom. The molecule has 0 spiro atoms. The number of sulfonamides is 1. The van der Waals surface area contributed by atoms with E-state index in [0.717, 1.165) is 31.5 Å². The monoisotopic (exact) mass is 315 g/mol. The van der Waals surface area contributed by atoms with Crippen LogP contribution in [0.15, 0.2) is 17.2 Å². The SMILES string of the molecule is CCCCNS(=O)(=O)c1cc(CNCCC)n(C(C)C)c1. The molecule has 0 radical (unpaired) electrons. The van der Waals surface area contributed by atoms with Gasteiger partial charge in [0.1, 0.15) is 0 Å². The molecule has 0 aliphatic carbocycles. The summed E-state index contributed by atoms with van der Waals surface area (Å²) in [7, 11) is -3.40. The van der Waals surface area contributed by atoms with Gasteiger partial charge in [-0.2, -0.15) is 0 Å². The Balaban J connectivity index is 2.90. The fourth-order valence-corrected chi connectivity index (χ4v) is 3.25. The van der Waals surface area contributed by atoms with Gasteiger partial charge in [-0.05, 0) is 39.3 Å². The van der Waals surface area contributed by atoms with Crippen molar-refractivity contribution in [3.05, 3.63) is 18.0 Å². The van der Waals surface area contributed by atoms with E-state index >= 15 is 0 Å². The number of aromatic nitrogens is 1. The molecule has 5 nitrogen and oxygen atoms in total. The van der Waals surface area contributed by atoms with E-state index in [1.165, 1.54) is 0 Å². The predicted molar refractivity (Wildman–Crippen MR) is 86.9 cm³/mol. The van der Waals surface area contributed by atoms with Gasteiger partial charge in [0, 0.05) is 31.0 Å². The van der Waals surface area contributed by atoms with Crippen LogP contribution in [0.2, 0.25) is 0 Å². The van der Waals surface area contributed by atoms with Crippen molar-refractivity contribution in [1.29, 1.82) is 0 Å². The lowest BCUT2D eigenvalue weighted by atomic mass is 10.3. The van der Waals surface area contributed by atoms with Crippen molar-refractivity contribution in [2.75, 3.05) is 13.1 Å². The van der Waals surface area contributed by atoms with Gasteiger partial charge in [-0.15, -0.1) is 0 Å². The summed E-state index contributed by atoms with van der Waals surface area (Å²) in [4.78, 5) is 0.362. The van der Waals surface area contributed by atoms with Crippen molar-refractivity contribution < 1.29 is 8.42 Å². The lowest BCUT2D eigenvalue weighted by Gasteiger charge is -2.13. The van der Waals surface area contributed by atoms with Gasteiger partial charge in [0.25, 0.3) is 0 Å². The van der Waals surface area contributed by atoms with Crippen LogP contribution in [0.1, 0.15) is 58.7 Å². The fraction of sp³-hybridized carbons (Fsp3) is 0.733. The van der Waals surface area contributed by atoms with Crippen molar-refractivity contribution in [2.24, 2.45) is 0 Å². The Bertz CT molecular complexity index is 521. The van der Waals surface area contributed by atoms with Gasteiger partial charge < -0.3 is 9.88 Å². The van der Waals surface area contributed by atoms with Crippen LogP contribution in [0, 0.1) is 0 Å². The molecule has 21 heavy (non-hydrogen) atoms. The quantitative estimate of drug-likeness (QED) is 0.653. The lowest BCUT2D eigenvalue weighted by molar-refractivity contribution is 0.549. The van der Waals surface area contributed by atoms with Gasteiger partial charge in [-0.1, -0.05) is 20.3 Å². The van der Waals surface area contributed by atoms with E-state index in [4.69, 9.17) is 0 Å². The molecule has 1 rings (SSSR count). The highest BCUT2D eigenvalue weighted by Crippen LogP contribution is 2.19. The first-order chi connectivity index (χ1) is 9.92. The van der Waals surface area contributed by atoms with Crippen LogP contribution in [-0.4, -0.2) is 26.1 Å². The predicted octanol–water partition coefficient (Wildman–Crippen LogP) is 2.65. The molecular weight excluding hydrogens is 286 g/mol. The largest absolute Gasteiger partial charge is 0.346 e. The van der Waals surface area contributed by atoms with Crippen LogP contribution in [-0.2, 0) is 16.6 Å². The minimum Gasteiger partial charge on any atom is -0.346 e. The zero-order valence-corrected chi connectivity index (χ0v) is 14.5. The Hall–Kier alpha value is -0.850. The molecule has 0 atom stereocenters. The van der Waals surface area contributed by atoms with Crippen LogP contribution in [0.25, 0.3) is 0 Å². The molecular formula is C15H29N3O2S. The van der Waals surface area contributed by atoms with E-state index in [-0.39, 0.29) is 6.04 Å². The molecule has 1 heterocycles. The standard InChI is InChI=1S/C15H29N3O2S/c1-5-7-9-17-21(19,20)15-10-14(11-16-8-6-2)18(12-15)13(3)4/h10,12-13,16-17H,5-9,11H2,1-4H3. The maximum absolute atomic E-state index is 12.3. The molecule has 0 saturated heterocycles. The second kappa shape index (κ2) is 8.56. The Morgan fingerprint density at radius 2 is 1.90 bits per heavy atom. The normalized spacial score (nSPS) is 12.2. The zero-order chi connectivity index (χ0) is 15.9. The minimum absolute atomic E-state index is 0.239. The van der Waals surface area contributed by atoms with Gasteiger partial charge in [0.15, 0.2) is 0 Å². The molecule has 0 aliphatic rings. The Morgan fingerprint density at radius 3 is 2.48 bits per heavy atom. The topological polar surface area (TPSA) is 63.1 Å². The minimum atomic E-state index is -3.40. The van der Waals surface area contributed by atoms with Gasteiger partial charge >= 0.3 is 0 Å². The summed E-state index contributed by atoms with van der Waals surface area (Å²) in [5, 5.41) is 3.33. The number of hydrogen-bond donors (Lipinski definition) is 2. The van der Waals surface area contributed by atoms with Crippen molar-refractivity contribution in [3.63, 3.8) is 0 Å². The first-order valence-electron chi connectivity index (χ1n) is 7.83. The molecule has 0 amide bonds. The zero-order valence-electron chi connectivity index (χ0n) is 13.6. The molecule has 0 aromatic carbocycles. The van der Waals surface area contributed by atoms with Crippen LogP contribution in [0.4, 0.5) is 0 Å². The van der Waals surface area contributed by atoms with Gasteiger partial charge in [0.2, 0.25) is 10.0 Å². The summed E-state index contributed by atoms with van der Waals surface area (Å²) in [6, 6.07) is 2.01. The summed E-state index contributed by atoms with van der Waals surface area (Å²) in [6.45, 7) is 10.4. The maximum Gasteiger partial charge on any atom is 0.242 e. The first kappa shape index (κ1) is 18.2. The number of hydrogen-bond acceptors (Lipinski definition) is 3. The van der Waals surface area contributed by atoms with Gasteiger partial charge in [-0.25, -0.2) is 13.1 Å². The molecule has 0 unspecified atom stereocenters. The van der Waals surface area contributed by atoms with E-state index in [2.05, 4.69) is 30.8 Å². The molecule has 2 N–H and O–H groups in total. The fourth-order valence-electron chi connectivity index (χ4n) is 2.13. The maximum atomic E-state index is 12.3. The summed E-state index contributed by atoms with van der Waals surface area (Å²) < 4.78 is 29.2. The molecule has 1 aromatic heterocycles. The molecule has 6 heteroatoms. The van der Waals surface area contributed by atoms with Crippen molar-refractivity contribution in [1.82, 2.24) is 14.6 Å². The van der Waals surface area contributed by atoms with E-state index in [1.807, 2.05) is 11.5 Å². The van der Waals surface area contributed by atoms with E-state index in [1.54, 1.807) is 12.3 Å². The highest BCUT2D eigenvalue weighted by atomic mass is 32.2. The third-order valence-corrected chi connectivity index (χ3v) is 4.76. The molecule has 0 fully saturated rings. The van der Waals surface area contributed by atoms with E-state index in [0.29, 0.717) is 18.0 Å². The summed E-state index contributed by atoms with van der Waals surface area (Å²) in [5.41, 5.74) is 1.01. The average Bonchev–Trinajstić information content (AvgIpc) is 2.84. The van der Waals surface area contributed by atoms with Crippen molar-refractivity contribution in [3.8, 4) is 0 Å². The number of nitrogens with zero attached hydrogens (tertiary/aromatic N) is 1. The van der Waals surface area contributed by atoms with Crippen LogP contribution in [0.3, 0.4) is 0 Å². The molecule has 0 aliphatic heterocycles. The van der Waals surface area contributed by atoms with E-state index in [9.17, 15) is 8.42 Å². The summed E-state index contributed by atoms with van der Waals surface area (Å²) in [6.07, 6.45) is 4.63. The number of rotatable bonds is 10. The second-order valence-corrected chi connectivity index (χ2v) is 7.36. The molecule has 122 valence electrons. The lowest BCUT2D eigenvalue weighted by Crippen LogP contribution is -2.24. The number of unbranched alkanes of at least 4 members (excludes halogenated alkanes) is 1. The van der Waals surface area contributed by atoms with Crippen molar-refractivity contribution >= 4 is 10.0 Å². The number of nitrogens with one attached hydrogen (secondary N) is 2.